The van der Waals surface area contributed by atoms with Crippen LogP contribution in [0.5, 0.6) is 0 Å². The second-order valence-corrected chi connectivity index (χ2v) is 6.37. The summed E-state index contributed by atoms with van der Waals surface area (Å²) in [6.45, 7) is 5.85. The topological polar surface area (TPSA) is 63.7 Å². The first-order valence-corrected chi connectivity index (χ1v) is 9.19. The maximum absolute atomic E-state index is 12.4. The van der Waals surface area contributed by atoms with Gasteiger partial charge in [-0.15, -0.1) is 0 Å². The Morgan fingerprint density at radius 3 is 2.12 bits per heavy atom. The number of rotatable bonds is 4. The molecule has 0 bridgehead atoms. The number of esters is 1. The highest BCUT2D eigenvalue weighted by atomic mass is 16.5. The maximum Gasteiger partial charge on any atom is 0.338 e. The molecule has 1 aliphatic carbocycles. The Morgan fingerprint density at radius 1 is 1.08 bits per heavy atom. The van der Waals surface area contributed by atoms with Gasteiger partial charge in [0.1, 0.15) is 6.10 Å². The number of nitrogens with zero attached hydrogens (tertiary/aromatic N) is 1. The summed E-state index contributed by atoms with van der Waals surface area (Å²) in [6.07, 6.45) is 3.09. The summed E-state index contributed by atoms with van der Waals surface area (Å²) in [5.74, 6) is -0.944. The second kappa shape index (κ2) is 8.79. The zero-order valence-corrected chi connectivity index (χ0v) is 15.2. The van der Waals surface area contributed by atoms with Gasteiger partial charge in [0.25, 0.3) is 0 Å². The highest BCUT2D eigenvalue weighted by Gasteiger charge is 2.48. The summed E-state index contributed by atoms with van der Waals surface area (Å²) in [7, 11) is 0. The molecule has 3 unspecified atom stereocenters. The first kappa shape index (κ1) is 19.2. The molecule has 0 aromatic heterocycles. The Bertz CT molecular complexity index is 589. The molecular weight excluding hydrogens is 318 g/mol. The van der Waals surface area contributed by atoms with Crippen LogP contribution in [0.4, 0.5) is 0 Å². The van der Waals surface area contributed by atoms with E-state index in [-0.39, 0.29) is 30.2 Å². The summed E-state index contributed by atoms with van der Waals surface area (Å²) in [4.78, 5) is 38.1. The van der Waals surface area contributed by atoms with E-state index in [0.29, 0.717) is 5.56 Å². The largest absolute Gasteiger partial charge is 0.457 e. The van der Waals surface area contributed by atoms with Gasteiger partial charge in [-0.25, -0.2) is 4.79 Å². The quantitative estimate of drug-likeness (QED) is 0.619. The monoisotopic (exact) mass is 345 g/mol. The highest BCUT2D eigenvalue weighted by Crippen LogP contribution is 2.38. The predicted molar refractivity (Wildman–Crippen MR) is 94.8 cm³/mol. The standard InChI is InChI=1S/C18H21NO4.C2H6/c1-12(23-18(22)13-7-3-2-4-8-13)11-19-16(20)14-9-5-6-10-15(14)17(19)21;1-2/h2-4,7-8,12,14-15H,5-6,9-11H2,1H3;1-2H3. The lowest BCUT2D eigenvalue weighted by Gasteiger charge is -2.20. The Balaban J connectivity index is 0.00000109. The van der Waals surface area contributed by atoms with Crippen molar-refractivity contribution in [1.29, 1.82) is 0 Å². The van der Waals surface area contributed by atoms with E-state index in [2.05, 4.69) is 0 Å². The molecule has 1 saturated carbocycles. The molecule has 1 aromatic carbocycles. The van der Waals surface area contributed by atoms with Crippen molar-refractivity contribution >= 4 is 17.8 Å². The number of ether oxygens (including phenoxy) is 1. The van der Waals surface area contributed by atoms with Crippen LogP contribution in [-0.4, -0.2) is 35.3 Å². The fourth-order valence-corrected chi connectivity index (χ4v) is 3.53. The summed E-state index contributed by atoms with van der Waals surface area (Å²) in [6, 6.07) is 8.70. The van der Waals surface area contributed by atoms with E-state index < -0.39 is 12.1 Å². The molecular formula is C20H27NO4. The van der Waals surface area contributed by atoms with Gasteiger partial charge in [0.2, 0.25) is 11.8 Å². The number of hydrogen-bond donors (Lipinski definition) is 0. The van der Waals surface area contributed by atoms with Gasteiger partial charge in [-0.3, -0.25) is 14.5 Å². The summed E-state index contributed by atoms with van der Waals surface area (Å²) >= 11 is 0. The van der Waals surface area contributed by atoms with Crippen molar-refractivity contribution in [1.82, 2.24) is 4.90 Å². The molecule has 5 heteroatoms. The minimum absolute atomic E-state index is 0.0951. The third-order valence-electron chi connectivity index (χ3n) is 4.69. The number of hydrogen-bond acceptors (Lipinski definition) is 4. The molecule has 1 aliphatic heterocycles. The van der Waals surface area contributed by atoms with E-state index in [4.69, 9.17) is 4.74 Å². The van der Waals surface area contributed by atoms with Crippen molar-refractivity contribution in [2.24, 2.45) is 11.8 Å². The van der Waals surface area contributed by atoms with Crippen molar-refractivity contribution in [3.05, 3.63) is 35.9 Å². The van der Waals surface area contributed by atoms with Crippen LogP contribution in [0, 0.1) is 11.8 Å². The first-order valence-electron chi connectivity index (χ1n) is 9.19. The van der Waals surface area contributed by atoms with Crippen LogP contribution in [0.2, 0.25) is 0 Å². The molecule has 0 N–H and O–H groups in total. The van der Waals surface area contributed by atoms with Gasteiger partial charge in [-0.2, -0.15) is 0 Å². The minimum atomic E-state index is -0.518. The van der Waals surface area contributed by atoms with Gasteiger partial charge in [-0.1, -0.05) is 44.9 Å². The van der Waals surface area contributed by atoms with E-state index in [9.17, 15) is 14.4 Å². The Hall–Kier alpha value is -2.17. The number of amides is 2. The van der Waals surface area contributed by atoms with Gasteiger partial charge in [-0.05, 0) is 31.9 Å². The van der Waals surface area contributed by atoms with Crippen molar-refractivity contribution in [2.75, 3.05) is 6.54 Å². The zero-order chi connectivity index (χ0) is 18.4. The average Bonchev–Trinajstić information content (AvgIpc) is 2.89. The number of carbonyl (C=O) groups excluding carboxylic acids is 3. The van der Waals surface area contributed by atoms with E-state index in [0.717, 1.165) is 25.7 Å². The molecule has 1 saturated heterocycles. The summed E-state index contributed by atoms with van der Waals surface area (Å²) < 4.78 is 5.36. The van der Waals surface area contributed by atoms with Gasteiger partial charge in [0.15, 0.2) is 0 Å². The fourth-order valence-electron chi connectivity index (χ4n) is 3.53. The number of fused-ring (bicyclic) bond motifs is 1. The Kier molecular flexibility index (Phi) is 6.73. The van der Waals surface area contributed by atoms with Crippen LogP contribution < -0.4 is 0 Å². The summed E-state index contributed by atoms with van der Waals surface area (Å²) in [5.41, 5.74) is 0.465. The van der Waals surface area contributed by atoms with E-state index in [1.165, 1.54) is 4.90 Å². The van der Waals surface area contributed by atoms with Crippen LogP contribution in [-0.2, 0) is 14.3 Å². The number of imide groups is 1. The minimum Gasteiger partial charge on any atom is -0.457 e. The van der Waals surface area contributed by atoms with Gasteiger partial charge >= 0.3 is 5.97 Å². The van der Waals surface area contributed by atoms with Crippen LogP contribution in [0.15, 0.2) is 30.3 Å². The van der Waals surface area contributed by atoms with Crippen molar-refractivity contribution in [2.45, 2.75) is 52.6 Å². The lowest BCUT2D eigenvalue weighted by molar-refractivity contribution is -0.141. The second-order valence-electron chi connectivity index (χ2n) is 6.37. The summed E-state index contributed by atoms with van der Waals surface area (Å²) in [5, 5.41) is 0. The lowest BCUT2D eigenvalue weighted by Crippen LogP contribution is -2.38. The molecule has 1 aromatic rings. The van der Waals surface area contributed by atoms with Crippen LogP contribution >= 0.6 is 0 Å². The Morgan fingerprint density at radius 2 is 1.60 bits per heavy atom. The molecule has 3 rings (SSSR count). The smallest absolute Gasteiger partial charge is 0.338 e. The van der Waals surface area contributed by atoms with Crippen LogP contribution in [0.3, 0.4) is 0 Å². The number of carbonyl (C=O) groups is 3. The molecule has 5 nitrogen and oxygen atoms in total. The molecule has 1 heterocycles. The van der Waals surface area contributed by atoms with Crippen molar-refractivity contribution in [3.63, 3.8) is 0 Å². The van der Waals surface area contributed by atoms with Gasteiger partial charge in [0, 0.05) is 0 Å². The van der Waals surface area contributed by atoms with E-state index in [1.54, 1.807) is 31.2 Å². The van der Waals surface area contributed by atoms with E-state index >= 15 is 0 Å². The zero-order valence-electron chi connectivity index (χ0n) is 15.2. The van der Waals surface area contributed by atoms with Gasteiger partial charge < -0.3 is 4.74 Å². The molecule has 25 heavy (non-hydrogen) atoms. The molecule has 2 fully saturated rings. The van der Waals surface area contributed by atoms with Crippen LogP contribution in [0.25, 0.3) is 0 Å². The predicted octanol–water partition coefficient (Wildman–Crippen LogP) is 3.43. The average molecular weight is 345 g/mol. The van der Waals surface area contributed by atoms with Crippen molar-refractivity contribution < 1.29 is 19.1 Å². The molecule has 2 aliphatic rings. The normalized spacial score (nSPS) is 23.4. The van der Waals surface area contributed by atoms with Crippen LogP contribution in [0.1, 0.15) is 56.8 Å². The fraction of sp³-hybridized carbons (Fsp3) is 0.550. The molecule has 0 radical (unpaired) electrons. The Labute approximate surface area is 149 Å². The molecule has 0 spiro atoms. The third kappa shape index (κ3) is 4.27. The highest BCUT2D eigenvalue weighted by molar-refractivity contribution is 6.05. The van der Waals surface area contributed by atoms with E-state index in [1.807, 2.05) is 19.9 Å². The lowest BCUT2D eigenvalue weighted by atomic mass is 9.81. The number of benzene rings is 1. The molecule has 3 atom stereocenters. The molecule has 2 amide bonds. The molecule has 136 valence electrons. The first-order chi connectivity index (χ1) is 12.1. The maximum atomic E-state index is 12.4. The SMILES string of the molecule is CC.CC(CN1C(=O)C2CCCCC2C1=O)OC(=O)c1ccccc1. The van der Waals surface area contributed by atoms with Gasteiger partial charge in [0.05, 0.1) is 23.9 Å². The van der Waals surface area contributed by atoms with Crippen molar-refractivity contribution in [3.8, 4) is 0 Å². The number of likely N-dealkylation sites (tertiary alicyclic amines) is 1. The third-order valence-corrected chi connectivity index (χ3v) is 4.69.